The number of fused-ring (bicyclic) bond motifs is 2. The molecule has 0 bridgehead atoms. The van der Waals surface area contributed by atoms with E-state index < -0.39 is 0 Å². The normalized spacial score (nSPS) is 13.4. The second-order valence-electron chi connectivity index (χ2n) is 4.45. The maximum Gasteiger partial charge on any atom is 0.255 e. The summed E-state index contributed by atoms with van der Waals surface area (Å²) in [6.45, 7) is 2.07. The second-order valence-corrected chi connectivity index (χ2v) is 4.45. The average Bonchev–Trinajstić information content (AvgIpc) is 2.46. The molecule has 0 spiro atoms. The van der Waals surface area contributed by atoms with E-state index in [0.29, 0.717) is 0 Å². The summed E-state index contributed by atoms with van der Waals surface area (Å²) < 4.78 is 0. The molecule has 1 aliphatic rings. The monoisotopic (exact) mass is 223 g/mol. The molecule has 17 heavy (non-hydrogen) atoms. The molecule has 0 aromatic heterocycles. The molecule has 84 valence electrons. The topological polar surface area (TPSA) is 29.1 Å². The van der Waals surface area contributed by atoms with E-state index in [0.717, 1.165) is 23.2 Å². The zero-order chi connectivity index (χ0) is 11.8. The highest BCUT2D eigenvalue weighted by Crippen LogP contribution is 2.26. The predicted molar refractivity (Wildman–Crippen MR) is 68.4 cm³/mol. The van der Waals surface area contributed by atoms with E-state index in [2.05, 4.69) is 18.3 Å². The van der Waals surface area contributed by atoms with E-state index in [4.69, 9.17) is 0 Å². The van der Waals surface area contributed by atoms with Crippen molar-refractivity contribution in [1.82, 2.24) is 0 Å². The third kappa shape index (κ3) is 1.72. The molecule has 2 aromatic rings. The Hall–Kier alpha value is -2.09. The summed E-state index contributed by atoms with van der Waals surface area (Å²) in [6, 6.07) is 13.9. The lowest BCUT2D eigenvalue weighted by Gasteiger charge is -2.06. The largest absolute Gasteiger partial charge is 0.322 e. The molecular formula is C15H13NO. The van der Waals surface area contributed by atoms with Crippen LogP contribution in [0, 0.1) is 6.92 Å². The fourth-order valence-electron chi connectivity index (χ4n) is 2.28. The number of rotatable bonds is 0. The summed E-state index contributed by atoms with van der Waals surface area (Å²) in [5, 5.41) is 2.97. The first-order valence-corrected chi connectivity index (χ1v) is 5.73. The molecule has 0 radical (unpaired) electrons. The van der Waals surface area contributed by atoms with Crippen LogP contribution in [0.25, 0.3) is 0 Å². The number of hydrogen-bond donors (Lipinski definition) is 1. The highest BCUT2D eigenvalue weighted by molar-refractivity contribution is 6.06. The van der Waals surface area contributed by atoms with Crippen LogP contribution in [0.3, 0.4) is 0 Å². The van der Waals surface area contributed by atoms with Crippen LogP contribution in [-0.4, -0.2) is 5.91 Å². The van der Waals surface area contributed by atoms with Crippen LogP contribution in [0.15, 0.2) is 42.5 Å². The summed E-state index contributed by atoms with van der Waals surface area (Å²) in [5.41, 5.74) is 5.20. The summed E-state index contributed by atoms with van der Waals surface area (Å²) >= 11 is 0. The summed E-state index contributed by atoms with van der Waals surface area (Å²) in [5.74, 6) is -0.0109. The average molecular weight is 223 g/mol. The number of nitrogens with one attached hydrogen (secondary N) is 1. The van der Waals surface area contributed by atoms with E-state index >= 15 is 0 Å². The molecule has 1 amide bonds. The van der Waals surface area contributed by atoms with Gasteiger partial charge in [0.05, 0.1) is 0 Å². The van der Waals surface area contributed by atoms with E-state index in [1.54, 1.807) is 0 Å². The van der Waals surface area contributed by atoms with E-state index in [9.17, 15) is 4.79 Å². The quantitative estimate of drug-likeness (QED) is 0.730. The van der Waals surface area contributed by atoms with Crippen LogP contribution in [0.4, 0.5) is 5.69 Å². The Morgan fingerprint density at radius 3 is 2.76 bits per heavy atom. The molecular weight excluding hydrogens is 210 g/mol. The van der Waals surface area contributed by atoms with Crippen LogP contribution >= 0.6 is 0 Å². The molecule has 2 aromatic carbocycles. The zero-order valence-corrected chi connectivity index (χ0v) is 9.66. The maximum atomic E-state index is 12.0. The predicted octanol–water partition coefficient (Wildman–Crippen LogP) is 3.15. The van der Waals surface area contributed by atoms with Gasteiger partial charge >= 0.3 is 0 Å². The molecule has 0 aliphatic carbocycles. The summed E-state index contributed by atoms with van der Waals surface area (Å²) in [4.78, 5) is 12.0. The van der Waals surface area contributed by atoms with Gasteiger partial charge in [0.15, 0.2) is 0 Å². The number of benzene rings is 2. The van der Waals surface area contributed by atoms with Gasteiger partial charge in [0, 0.05) is 17.7 Å². The zero-order valence-electron chi connectivity index (χ0n) is 9.66. The van der Waals surface area contributed by atoms with Crippen molar-refractivity contribution in [3.8, 4) is 0 Å². The van der Waals surface area contributed by atoms with Crippen LogP contribution in [0.2, 0.25) is 0 Å². The minimum absolute atomic E-state index is 0.0109. The van der Waals surface area contributed by atoms with Gasteiger partial charge < -0.3 is 5.32 Å². The van der Waals surface area contributed by atoms with Crippen molar-refractivity contribution in [1.29, 1.82) is 0 Å². The number of amides is 1. The first-order valence-electron chi connectivity index (χ1n) is 5.73. The van der Waals surface area contributed by atoms with Gasteiger partial charge in [-0.1, -0.05) is 35.9 Å². The van der Waals surface area contributed by atoms with Gasteiger partial charge in [0.1, 0.15) is 0 Å². The van der Waals surface area contributed by atoms with Crippen LogP contribution < -0.4 is 5.32 Å². The Bertz CT molecular complexity index is 602. The summed E-state index contributed by atoms with van der Waals surface area (Å²) in [6.07, 6.45) is 0.811. The molecule has 1 heterocycles. The highest BCUT2D eigenvalue weighted by atomic mass is 16.1. The van der Waals surface area contributed by atoms with Crippen molar-refractivity contribution in [3.63, 3.8) is 0 Å². The number of aryl methyl sites for hydroxylation is 1. The summed E-state index contributed by atoms with van der Waals surface area (Å²) in [7, 11) is 0. The van der Waals surface area contributed by atoms with Crippen LogP contribution in [-0.2, 0) is 6.42 Å². The first-order chi connectivity index (χ1) is 8.24. The maximum absolute atomic E-state index is 12.0. The van der Waals surface area contributed by atoms with Crippen molar-refractivity contribution >= 4 is 11.6 Å². The molecule has 0 saturated carbocycles. The molecule has 2 heteroatoms. The second kappa shape index (κ2) is 3.74. The van der Waals surface area contributed by atoms with Gasteiger partial charge in [-0.05, 0) is 30.2 Å². The van der Waals surface area contributed by atoms with Crippen molar-refractivity contribution in [2.45, 2.75) is 13.3 Å². The Kier molecular flexibility index (Phi) is 2.22. The molecule has 0 atom stereocenters. The van der Waals surface area contributed by atoms with Gasteiger partial charge in [-0.25, -0.2) is 0 Å². The standard InChI is InChI=1S/C15H13NO/c1-10-6-7-14-12(8-10)9-11-4-2-3-5-13(11)15(17)16-14/h2-8H,9H2,1H3,(H,16,17). The van der Waals surface area contributed by atoms with Gasteiger partial charge in [0.2, 0.25) is 0 Å². The lowest BCUT2D eigenvalue weighted by molar-refractivity contribution is 0.102. The molecule has 2 nitrogen and oxygen atoms in total. The van der Waals surface area contributed by atoms with E-state index in [1.165, 1.54) is 11.1 Å². The van der Waals surface area contributed by atoms with E-state index in [-0.39, 0.29) is 5.91 Å². The Balaban J connectivity index is 2.18. The minimum atomic E-state index is -0.0109. The molecule has 1 aliphatic heterocycles. The number of hydrogen-bond acceptors (Lipinski definition) is 1. The number of carbonyl (C=O) groups is 1. The van der Waals surface area contributed by atoms with Crippen molar-refractivity contribution in [2.75, 3.05) is 5.32 Å². The number of anilines is 1. The molecule has 1 N–H and O–H groups in total. The fourth-order valence-corrected chi connectivity index (χ4v) is 2.28. The number of carbonyl (C=O) groups excluding carboxylic acids is 1. The molecule has 3 rings (SSSR count). The highest BCUT2D eigenvalue weighted by Gasteiger charge is 2.18. The third-order valence-corrected chi connectivity index (χ3v) is 3.15. The smallest absolute Gasteiger partial charge is 0.255 e. The lowest BCUT2D eigenvalue weighted by Crippen LogP contribution is -2.11. The van der Waals surface area contributed by atoms with Crippen molar-refractivity contribution < 1.29 is 4.79 Å². The van der Waals surface area contributed by atoms with Crippen molar-refractivity contribution in [2.24, 2.45) is 0 Å². The lowest BCUT2D eigenvalue weighted by atomic mass is 9.99. The van der Waals surface area contributed by atoms with Gasteiger partial charge in [-0.15, -0.1) is 0 Å². The first kappa shape index (κ1) is 10.1. The van der Waals surface area contributed by atoms with Crippen LogP contribution in [0.5, 0.6) is 0 Å². The van der Waals surface area contributed by atoms with Gasteiger partial charge in [-0.3, -0.25) is 4.79 Å². The van der Waals surface area contributed by atoms with Gasteiger partial charge in [-0.2, -0.15) is 0 Å². The van der Waals surface area contributed by atoms with Gasteiger partial charge in [0.25, 0.3) is 5.91 Å². The Morgan fingerprint density at radius 2 is 1.88 bits per heavy atom. The molecule has 0 saturated heterocycles. The fraction of sp³-hybridized carbons (Fsp3) is 0.133. The molecule has 0 fully saturated rings. The SMILES string of the molecule is Cc1ccc2c(c1)Cc1ccccc1C(=O)N2. The Labute approximate surface area is 100 Å². The Morgan fingerprint density at radius 1 is 1.06 bits per heavy atom. The minimum Gasteiger partial charge on any atom is -0.322 e. The third-order valence-electron chi connectivity index (χ3n) is 3.15. The van der Waals surface area contributed by atoms with E-state index in [1.807, 2.05) is 36.4 Å². The van der Waals surface area contributed by atoms with Crippen LogP contribution in [0.1, 0.15) is 27.0 Å². The van der Waals surface area contributed by atoms with Crippen molar-refractivity contribution in [3.05, 3.63) is 64.7 Å². The molecule has 0 unspecified atom stereocenters.